The number of rotatable bonds is 4. The number of quaternary nitrogens is 1. The number of pyridine rings is 5. The summed E-state index contributed by atoms with van der Waals surface area (Å²) in [5, 5.41) is 8.49. The topological polar surface area (TPSA) is 190 Å². The maximum absolute atomic E-state index is 10.7. The molecule has 12 nitrogen and oxygen atoms in total. The molecular formula is C35H42Br3ClN8O4. The first-order valence-electron chi connectivity index (χ1n) is 14.8. The minimum atomic E-state index is -0.0294. The Morgan fingerprint density at radius 1 is 0.706 bits per heavy atom. The van der Waals surface area contributed by atoms with Gasteiger partial charge in [-0.05, 0) is 118 Å². The fourth-order valence-electron chi connectivity index (χ4n) is 3.66. The number of anilines is 1. The minimum absolute atomic E-state index is 0. The Labute approximate surface area is 330 Å². The molecule has 0 aliphatic rings. The van der Waals surface area contributed by atoms with Crippen LogP contribution in [0.3, 0.4) is 0 Å². The lowest BCUT2D eigenvalue weighted by molar-refractivity contribution is -0.386. The van der Waals surface area contributed by atoms with Crippen molar-refractivity contribution in [1.29, 1.82) is 5.26 Å². The van der Waals surface area contributed by atoms with Crippen molar-refractivity contribution in [3.8, 4) is 23.7 Å². The van der Waals surface area contributed by atoms with Crippen LogP contribution >= 0.6 is 47.8 Å². The van der Waals surface area contributed by atoms with E-state index >= 15 is 0 Å². The molecule has 0 spiro atoms. The molecule has 0 unspecified atom stereocenters. The Morgan fingerprint density at radius 3 is 1.55 bits per heavy atom. The van der Waals surface area contributed by atoms with Crippen molar-refractivity contribution in [2.24, 2.45) is 0 Å². The van der Waals surface area contributed by atoms with Gasteiger partial charge in [-0.15, -0.1) is 0 Å². The van der Waals surface area contributed by atoms with Crippen LogP contribution in [0.25, 0.3) is 0 Å². The first kappa shape index (κ1) is 46.9. The maximum atomic E-state index is 10.7. The fourth-order valence-corrected chi connectivity index (χ4v) is 5.01. The van der Waals surface area contributed by atoms with Crippen LogP contribution in [-0.2, 0) is 6.54 Å². The molecule has 5 aromatic rings. The van der Waals surface area contributed by atoms with Crippen LogP contribution in [0.15, 0.2) is 79.5 Å². The summed E-state index contributed by atoms with van der Waals surface area (Å²) >= 11 is 9.81. The van der Waals surface area contributed by atoms with E-state index in [1.54, 1.807) is 65.2 Å². The van der Waals surface area contributed by atoms with E-state index in [-0.39, 0.29) is 18.0 Å². The number of nitrogens with zero attached hydrogens (tertiary/aromatic N) is 5. The van der Waals surface area contributed by atoms with E-state index in [4.69, 9.17) is 25.2 Å². The van der Waals surface area contributed by atoms with Gasteiger partial charge in [-0.3, -0.25) is 4.79 Å². The van der Waals surface area contributed by atoms with Crippen LogP contribution in [0, 0.1) is 45.9 Å². The van der Waals surface area contributed by atoms with Crippen molar-refractivity contribution in [1.82, 2.24) is 24.9 Å². The third-order valence-corrected chi connectivity index (χ3v) is 7.58. The standard InChI is InChI=1S/C8H12N2O.C8H8N2O.C7H8BrNO.C6H7BrN2.C6H6BrNO.ClH/c2*1-6-3-7(4-9)5-10-8(6)11-2;1-5-3-6(8)4-9-7(5)10-2;1-4-2-5(7)3-9-6(4)8;1-4-2-5(7)3-8-6(4)9;/h3,5H,4,9H2,1-2H3;3,5H,1-2H3;3-4H,1-2H3;2-3H,1H3,(H2,8,9);2-3H,1H3,(H,8,9);1H. The van der Waals surface area contributed by atoms with Gasteiger partial charge in [-0.25, -0.2) is 19.9 Å². The van der Waals surface area contributed by atoms with E-state index in [1.807, 2.05) is 52.0 Å². The Bertz CT molecular complexity index is 1920. The molecule has 0 bridgehead atoms. The highest BCUT2D eigenvalue weighted by atomic mass is 79.9. The zero-order chi connectivity index (χ0) is 37.8. The molecule has 5 heterocycles. The number of aromatic nitrogens is 5. The van der Waals surface area contributed by atoms with Gasteiger partial charge in [0.05, 0.1) is 26.9 Å². The Hall–Kier alpha value is -4.07. The number of nitrogens with two attached hydrogens (primary N) is 1. The summed E-state index contributed by atoms with van der Waals surface area (Å²) in [6.07, 6.45) is 8.30. The van der Waals surface area contributed by atoms with E-state index in [0.29, 0.717) is 29.0 Å². The third kappa shape index (κ3) is 17.6. The molecule has 0 radical (unpaired) electrons. The fraction of sp³-hybridized carbons (Fsp3) is 0.257. The van der Waals surface area contributed by atoms with Crippen LogP contribution in [0.2, 0.25) is 0 Å². The third-order valence-electron chi connectivity index (χ3n) is 6.25. The second kappa shape index (κ2) is 25.0. The molecule has 16 heteroatoms. The van der Waals surface area contributed by atoms with Crippen molar-refractivity contribution in [3.05, 3.63) is 124 Å². The molecule has 274 valence electrons. The van der Waals surface area contributed by atoms with Crippen LogP contribution in [-0.4, -0.2) is 46.2 Å². The molecule has 6 N–H and O–H groups in total. The van der Waals surface area contributed by atoms with Crippen molar-refractivity contribution >= 4 is 53.6 Å². The molecule has 0 aromatic carbocycles. The molecule has 51 heavy (non-hydrogen) atoms. The number of halogens is 4. The summed E-state index contributed by atoms with van der Waals surface area (Å²) in [6, 6.07) is 11.5. The molecule has 5 aromatic heterocycles. The number of H-pyrrole nitrogens is 1. The van der Waals surface area contributed by atoms with E-state index in [9.17, 15) is 4.79 Å². The SMILES string of the molecule is COc1ncc(Br)cc1C.COc1ncc(C#N)cc1C.COc1ncc(C[NH3+])cc1C.Cc1cc(Br)c[nH]c1=O.Cc1cc(Br)cnc1N.[Cl-]. The molecule has 0 amide bonds. The number of nitrogen functional groups attached to an aromatic ring is 1. The van der Waals surface area contributed by atoms with Gasteiger partial charge in [0, 0.05) is 72.2 Å². The van der Waals surface area contributed by atoms with Crippen LogP contribution < -0.4 is 43.6 Å². The second-order valence-corrected chi connectivity index (χ2v) is 13.0. The Kier molecular flexibility index (Phi) is 23.0. The van der Waals surface area contributed by atoms with Gasteiger partial charge < -0.3 is 43.1 Å². The number of hydrogen-bond donors (Lipinski definition) is 3. The van der Waals surface area contributed by atoms with Crippen LogP contribution in [0.5, 0.6) is 17.6 Å². The predicted octanol–water partition coefficient (Wildman–Crippen LogP) is 3.76. The summed E-state index contributed by atoms with van der Waals surface area (Å²) in [5.74, 6) is 2.55. The number of ether oxygens (including phenoxy) is 3. The molecule has 0 saturated heterocycles. The summed E-state index contributed by atoms with van der Waals surface area (Å²) in [7, 11) is 4.80. The Balaban J connectivity index is 0.000000611. The average Bonchev–Trinajstić information content (AvgIpc) is 3.09. The van der Waals surface area contributed by atoms with Gasteiger partial charge in [-0.2, -0.15) is 5.26 Å². The highest BCUT2D eigenvalue weighted by Gasteiger charge is 2.01. The largest absolute Gasteiger partial charge is 1.00 e. The number of methoxy groups -OCH3 is 3. The zero-order valence-electron chi connectivity index (χ0n) is 29.6. The van der Waals surface area contributed by atoms with E-state index in [1.165, 1.54) is 6.20 Å². The molecule has 0 saturated carbocycles. The number of aryl methyl sites for hydroxylation is 5. The number of nitrogens with one attached hydrogen (secondary N) is 1. The Morgan fingerprint density at radius 2 is 1.16 bits per heavy atom. The summed E-state index contributed by atoms with van der Waals surface area (Å²) < 4.78 is 17.8. The lowest BCUT2D eigenvalue weighted by Crippen LogP contribution is -3.00. The lowest BCUT2D eigenvalue weighted by Gasteiger charge is -2.02. The van der Waals surface area contributed by atoms with Crippen molar-refractivity contribution in [2.75, 3.05) is 27.1 Å². The number of hydrogen-bond acceptors (Lipinski definition) is 10. The van der Waals surface area contributed by atoms with Crippen molar-refractivity contribution in [3.63, 3.8) is 0 Å². The van der Waals surface area contributed by atoms with E-state index < -0.39 is 0 Å². The zero-order valence-corrected chi connectivity index (χ0v) is 35.2. The number of nitriles is 1. The van der Waals surface area contributed by atoms with Crippen molar-refractivity contribution in [2.45, 2.75) is 41.2 Å². The number of aromatic amines is 1. The first-order valence-corrected chi connectivity index (χ1v) is 17.1. The van der Waals surface area contributed by atoms with Crippen LogP contribution in [0.1, 0.15) is 38.9 Å². The lowest BCUT2D eigenvalue weighted by atomic mass is 10.2. The maximum Gasteiger partial charge on any atom is 0.250 e. The predicted molar refractivity (Wildman–Crippen MR) is 206 cm³/mol. The molecule has 0 fully saturated rings. The highest BCUT2D eigenvalue weighted by Crippen LogP contribution is 2.18. The van der Waals surface area contributed by atoms with Gasteiger partial charge in [-0.1, -0.05) is 0 Å². The summed E-state index contributed by atoms with van der Waals surface area (Å²) in [5.41, 5.74) is 15.6. The second-order valence-electron chi connectivity index (χ2n) is 10.2. The molecule has 0 atom stereocenters. The summed E-state index contributed by atoms with van der Waals surface area (Å²) in [4.78, 5) is 29.2. The van der Waals surface area contributed by atoms with Crippen molar-refractivity contribution < 1.29 is 32.4 Å². The van der Waals surface area contributed by atoms with Gasteiger partial charge in [0.2, 0.25) is 17.6 Å². The van der Waals surface area contributed by atoms with Gasteiger partial charge >= 0.3 is 0 Å². The molecular weight excluding hydrogens is 872 g/mol. The van der Waals surface area contributed by atoms with Gasteiger partial charge in [0.1, 0.15) is 18.4 Å². The highest BCUT2D eigenvalue weighted by molar-refractivity contribution is 9.11. The normalized spacial score (nSPS) is 9.24. The van der Waals surface area contributed by atoms with E-state index in [0.717, 1.165) is 53.3 Å². The molecule has 0 aliphatic carbocycles. The summed E-state index contributed by atoms with van der Waals surface area (Å²) in [6.45, 7) is 10.3. The molecule has 0 aliphatic heterocycles. The van der Waals surface area contributed by atoms with E-state index in [2.05, 4.69) is 78.4 Å². The molecule has 5 rings (SSSR count). The monoisotopic (exact) mass is 910 g/mol. The van der Waals surface area contributed by atoms with Gasteiger partial charge in [0.25, 0.3) is 5.56 Å². The van der Waals surface area contributed by atoms with Gasteiger partial charge in [0.15, 0.2) is 0 Å². The van der Waals surface area contributed by atoms with Crippen LogP contribution in [0.4, 0.5) is 5.82 Å². The average molecular weight is 914 g/mol. The smallest absolute Gasteiger partial charge is 0.250 e. The minimum Gasteiger partial charge on any atom is -1.00 e. The first-order chi connectivity index (χ1) is 23.7. The quantitative estimate of drug-likeness (QED) is 0.240.